The van der Waals surface area contributed by atoms with Crippen molar-refractivity contribution in [3.63, 3.8) is 0 Å². The predicted octanol–water partition coefficient (Wildman–Crippen LogP) is 2.00. The van der Waals surface area contributed by atoms with Crippen LogP contribution in [-0.4, -0.2) is 9.13 Å². The zero-order chi connectivity index (χ0) is 11.2. The summed E-state index contributed by atoms with van der Waals surface area (Å²) in [6, 6.07) is 6.21. The molecule has 0 radical (unpaired) electrons. The van der Waals surface area contributed by atoms with Crippen molar-refractivity contribution in [3.05, 3.63) is 34.2 Å². The summed E-state index contributed by atoms with van der Waals surface area (Å²) in [7, 11) is 3.62. The van der Waals surface area contributed by atoms with Gasteiger partial charge in [-0.2, -0.15) is 0 Å². The van der Waals surface area contributed by atoms with Crippen molar-refractivity contribution >= 4 is 11.0 Å². The molecule has 0 fully saturated rings. The number of aromatic nitrogens is 2. The minimum absolute atomic E-state index is 0.0332. The summed E-state index contributed by atoms with van der Waals surface area (Å²) in [5.41, 5.74) is 3.30. The topological polar surface area (TPSA) is 26.9 Å². The highest BCUT2D eigenvalue weighted by atomic mass is 16.1. The summed E-state index contributed by atoms with van der Waals surface area (Å²) in [5.74, 6) is 0.490. The first-order valence-corrected chi connectivity index (χ1v) is 5.17. The highest BCUT2D eigenvalue weighted by molar-refractivity contribution is 5.76. The highest BCUT2D eigenvalue weighted by Gasteiger charge is 2.08. The predicted molar refractivity (Wildman–Crippen MR) is 62.2 cm³/mol. The van der Waals surface area contributed by atoms with Gasteiger partial charge >= 0.3 is 5.69 Å². The SMILES string of the molecule is CC(C)c1ccc2c(c1)n(C)c(=O)n2C. The third kappa shape index (κ3) is 1.39. The number of aryl methyl sites for hydroxylation is 2. The number of hydrogen-bond acceptors (Lipinski definition) is 1. The van der Waals surface area contributed by atoms with Crippen LogP contribution in [-0.2, 0) is 14.1 Å². The summed E-state index contributed by atoms with van der Waals surface area (Å²) in [6.45, 7) is 4.31. The fourth-order valence-corrected chi connectivity index (χ4v) is 1.88. The maximum Gasteiger partial charge on any atom is 0.328 e. The number of imidazole rings is 1. The molecule has 0 spiro atoms. The first-order valence-electron chi connectivity index (χ1n) is 5.17. The van der Waals surface area contributed by atoms with E-state index in [0.717, 1.165) is 11.0 Å². The van der Waals surface area contributed by atoms with Crippen LogP contribution in [0.2, 0.25) is 0 Å². The molecule has 0 saturated heterocycles. The monoisotopic (exact) mass is 204 g/mol. The largest absolute Gasteiger partial charge is 0.328 e. The number of fused-ring (bicyclic) bond motifs is 1. The molecule has 0 amide bonds. The van der Waals surface area contributed by atoms with Crippen molar-refractivity contribution in [2.24, 2.45) is 14.1 Å². The summed E-state index contributed by atoms with van der Waals surface area (Å²) < 4.78 is 3.38. The molecule has 0 unspecified atom stereocenters. The first kappa shape index (κ1) is 10.0. The molecule has 0 aliphatic rings. The Morgan fingerprint density at radius 1 is 1.07 bits per heavy atom. The van der Waals surface area contributed by atoms with Gasteiger partial charge in [-0.3, -0.25) is 9.13 Å². The van der Waals surface area contributed by atoms with Gasteiger partial charge in [-0.05, 0) is 23.6 Å². The fraction of sp³-hybridized carbons (Fsp3) is 0.417. The normalized spacial score (nSPS) is 11.5. The maximum atomic E-state index is 11.7. The minimum Gasteiger partial charge on any atom is -0.295 e. The number of rotatable bonds is 1. The van der Waals surface area contributed by atoms with Gasteiger partial charge in [0.15, 0.2) is 0 Å². The van der Waals surface area contributed by atoms with Crippen LogP contribution in [0.25, 0.3) is 11.0 Å². The van der Waals surface area contributed by atoms with Gasteiger partial charge < -0.3 is 0 Å². The molecule has 1 aromatic carbocycles. The Morgan fingerprint density at radius 2 is 1.67 bits per heavy atom. The molecule has 0 saturated carbocycles. The molecule has 1 aromatic heterocycles. The van der Waals surface area contributed by atoms with Crippen LogP contribution in [0.15, 0.2) is 23.0 Å². The lowest BCUT2D eigenvalue weighted by Gasteiger charge is -2.05. The van der Waals surface area contributed by atoms with E-state index >= 15 is 0 Å². The zero-order valence-electron chi connectivity index (χ0n) is 9.61. The molecular formula is C12H16N2O. The fourth-order valence-electron chi connectivity index (χ4n) is 1.88. The van der Waals surface area contributed by atoms with Crippen molar-refractivity contribution in [2.75, 3.05) is 0 Å². The van der Waals surface area contributed by atoms with Gasteiger partial charge in [0.1, 0.15) is 0 Å². The molecule has 2 rings (SSSR count). The standard InChI is InChI=1S/C12H16N2O/c1-8(2)9-5-6-10-11(7-9)14(4)12(15)13(10)3/h5-8H,1-4H3. The van der Waals surface area contributed by atoms with E-state index in [4.69, 9.17) is 0 Å². The Bertz CT molecular complexity index is 561. The van der Waals surface area contributed by atoms with Gasteiger partial charge in [0.2, 0.25) is 0 Å². The molecule has 80 valence electrons. The van der Waals surface area contributed by atoms with Crippen LogP contribution >= 0.6 is 0 Å². The van der Waals surface area contributed by atoms with Gasteiger partial charge in [-0.25, -0.2) is 4.79 Å². The van der Waals surface area contributed by atoms with Crippen LogP contribution in [0.5, 0.6) is 0 Å². The Labute approximate surface area is 88.9 Å². The van der Waals surface area contributed by atoms with Crippen molar-refractivity contribution in [1.29, 1.82) is 0 Å². The van der Waals surface area contributed by atoms with Crippen LogP contribution < -0.4 is 5.69 Å². The van der Waals surface area contributed by atoms with E-state index in [1.165, 1.54) is 5.56 Å². The average molecular weight is 204 g/mol. The molecule has 15 heavy (non-hydrogen) atoms. The van der Waals surface area contributed by atoms with Crippen molar-refractivity contribution in [1.82, 2.24) is 9.13 Å². The number of nitrogens with zero attached hydrogens (tertiary/aromatic N) is 2. The summed E-state index contributed by atoms with van der Waals surface area (Å²) >= 11 is 0. The molecule has 3 heteroatoms. The second kappa shape index (κ2) is 3.26. The Balaban J connectivity index is 2.83. The first-order chi connectivity index (χ1) is 7.02. The lowest BCUT2D eigenvalue weighted by molar-refractivity contribution is 0.794. The van der Waals surface area contributed by atoms with E-state index < -0.39 is 0 Å². The Hall–Kier alpha value is -1.51. The van der Waals surface area contributed by atoms with E-state index in [9.17, 15) is 4.79 Å². The average Bonchev–Trinajstić information content (AvgIpc) is 2.44. The molecule has 0 N–H and O–H groups in total. The lowest BCUT2D eigenvalue weighted by Crippen LogP contribution is -2.19. The smallest absolute Gasteiger partial charge is 0.295 e. The van der Waals surface area contributed by atoms with Crippen LogP contribution in [0.3, 0.4) is 0 Å². The summed E-state index contributed by atoms with van der Waals surface area (Å²) in [4.78, 5) is 11.7. The van der Waals surface area contributed by atoms with Crippen molar-refractivity contribution in [2.45, 2.75) is 19.8 Å². The molecule has 0 bridgehead atoms. The van der Waals surface area contributed by atoms with Crippen molar-refractivity contribution < 1.29 is 0 Å². The Kier molecular flexibility index (Phi) is 2.18. The molecule has 1 heterocycles. The van der Waals surface area contributed by atoms with E-state index in [2.05, 4.69) is 26.0 Å². The number of benzene rings is 1. The van der Waals surface area contributed by atoms with E-state index in [0.29, 0.717) is 5.92 Å². The van der Waals surface area contributed by atoms with Gasteiger partial charge in [-0.15, -0.1) is 0 Å². The lowest BCUT2D eigenvalue weighted by atomic mass is 10.0. The van der Waals surface area contributed by atoms with Gasteiger partial charge in [0.05, 0.1) is 11.0 Å². The van der Waals surface area contributed by atoms with E-state index in [1.54, 1.807) is 16.2 Å². The quantitative estimate of drug-likeness (QED) is 0.698. The maximum absolute atomic E-state index is 11.7. The van der Waals surface area contributed by atoms with Gasteiger partial charge in [0, 0.05) is 14.1 Å². The van der Waals surface area contributed by atoms with Gasteiger partial charge in [0.25, 0.3) is 0 Å². The summed E-state index contributed by atoms with van der Waals surface area (Å²) in [5, 5.41) is 0. The Morgan fingerprint density at radius 3 is 2.27 bits per heavy atom. The second-order valence-corrected chi connectivity index (χ2v) is 4.30. The second-order valence-electron chi connectivity index (χ2n) is 4.30. The van der Waals surface area contributed by atoms with Crippen LogP contribution in [0.4, 0.5) is 0 Å². The highest BCUT2D eigenvalue weighted by Crippen LogP contribution is 2.19. The molecule has 3 nitrogen and oxygen atoms in total. The minimum atomic E-state index is 0.0332. The van der Waals surface area contributed by atoms with E-state index in [1.807, 2.05) is 13.1 Å². The molecule has 0 aliphatic heterocycles. The van der Waals surface area contributed by atoms with Gasteiger partial charge in [-0.1, -0.05) is 19.9 Å². The van der Waals surface area contributed by atoms with E-state index in [-0.39, 0.29) is 5.69 Å². The zero-order valence-corrected chi connectivity index (χ0v) is 9.61. The number of hydrogen-bond donors (Lipinski definition) is 0. The van der Waals surface area contributed by atoms with Crippen LogP contribution in [0.1, 0.15) is 25.3 Å². The molecule has 0 aliphatic carbocycles. The molecule has 0 atom stereocenters. The third-order valence-electron chi connectivity index (χ3n) is 2.96. The summed E-state index contributed by atoms with van der Waals surface area (Å²) in [6.07, 6.45) is 0. The molecule has 2 aromatic rings. The van der Waals surface area contributed by atoms with Crippen LogP contribution in [0, 0.1) is 0 Å². The van der Waals surface area contributed by atoms with Crippen molar-refractivity contribution in [3.8, 4) is 0 Å². The third-order valence-corrected chi connectivity index (χ3v) is 2.96. The molecular weight excluding hydrogens is 188 g/mol.